The zero-order chi connectivity index (χ0) is 22.3. The fourth-order valence-corrected chi connectivity index (χ4v) is 6.28. The molecule has 182 valence electrons. The number of hydrogen-bond donors (Lipinski definition) is 2. The molecule has 1 aliphatic carbocycles. The first-order chi connectivity index (χ1) is 15.0. The van der Waals surface area contributed by atoms with Crippen LogP contribution in [0.4, 0.5) is 0 Å². The molecule has 1 aliphatic heterocycles. The molecule has 1 aromatic carbocycles. The second-order valence-electron chi connectivity index (χ2n) is 8.82. The first-order valence-electron chi connectivity index (χ1n) is 11.6. The topological polar surface area (TPSA) is 72.0 Å². The van der Waals surface area contributed by atoms with Crippen LogP contribution < -0.4 is 15.4 Å². The van der Waals surface area contributed by atoms with Gasteiger partial charge in [-0.2, -0.15) is 0 Å². The molecule has 3 unspecified atom stereocenters. The third kappa shape index (κ3) is 6.82. The minimum atomic E-state index is -0.724. The molecular weight excluding hydrogens is 537 g/mol. The Balaban J connectivity index is 0.00000363. The summed E-state index contributed by atoms with van der Waals surface area (Å²) in [6.45, 7) is 6.41. The fraction of sp³-hybridized carbons (Fsp3) is 0.708. The molecule has 6 nitrogen and oxygen atoms in total. The van der Waals surface area contributed by atoms with Crippen molar-refractivity contribution in [3.8, 4) is 5.75 Å². The predicted molar refractivity (Wildman–Crippen MR) is 144 cm³/mol. The molecule has 2 fully saturated rings. The highest BCUT2D eigenvalue weighted by molar-refractivity contribution is 14.0. The molecule has 3 rings (SSSR count). The molecule has 1 heterocycles. The van der Waals surface area contributed by atoms with Crippen LogP contribution in [-0.2, 0) is 21.0 Å². The predicted octanol–water partition coefficient (Wildman–Crippen LogP) is 3.91. The van der Waals surface area contributed by atoms with Crippen LogP contribution in [0.1, 0.15) is 56.6 Å². The minimum absolute atomic E-state index is 0. The average Bonchev–Trinajstić information content (AvgIpc) is 2.82. The van der Waals surface area contributed by atoms with Crippen molar-refractivity contribution in [3.63, 3.8) is 0 Å². The van der Waals surface area contributed by atoms with E-state index in [0.717, 1.165) is 75.7 Å². The molecule has 1 saturated heterocycles. The maximum atomic E-state index is 12.3. The van der Waals surface area contributed by atoms with Gasteiger partial charge in [-0.05, 0) is 45.1 Å². The molecule has 0 amide bonds. The lowest BCUT2D eigenvalue weighted by atomic mass is 9.73. The summed E-state index contributed by atoms with van der Waals surface area (Å²) in [4.78, 5) is 4.50. The van der Waals surface area contributed by atoms with E-state index < -0.39 is 10.8 Å². The van der Waals surface area contributed by atoms with Gasteiger partial charge in [0, 0.05) is 65.6 Å². The molecule has 2 aliphatic rings. The molecule has 0 aromatic heterocycles. The Bertz CT molecular complexity index is 784. The number of benzene rings is 1. The quantitative estimate of drug-likeness (QED) is 0.292. The number of ether oxygens (including phenoxy) is 2. The molecule has 0 radical (unpaired) electrons. The number of aryl methyl sites for hydroxylation is 1. The van der Waals surface area contributed by atoms with Gasteiger partial charge in [-0.15, -0.1) is 24.0 Å². The Kier molecular flexibility index (Phi) is 11.2. The van der Waals surface area contributed by atoms with Crippen molar-refractivity contribution in [1.82, 2.24) is 10.6 Å². The van der Waals surface area contributed by atoms with Crippen molar-refractivity contribution in [2.24, 2.45) is 4.99 Å². The van der Waals surface area contributed by atoms with E-state index in [1.54, 1.807) is 7.11 Å². The van der Waals surface area contributed by atoms with Crippen LogP contribution in [0.2, 0.25) is 0 Å². The highest BCUT2D eigenvalue weighted by atomic mass is 127. The van der Waals surface area contributed by atoms with E-state index in [-0.39, 0.29) is 29.4 Å². The van der Waals surface area contributed by atoms with Crippen LogP contribution in [0, 0.1) is 6.92 Å². The number of nitrogens with one attached hydrogen (secondary N) is 2. The van der Waals surface area contributed by atoms with Crippen LogP contribution >= 0.6 is 24.0 Å². The zero-order valence-corrected chi connectivity index (χ0v) is 23.1. The lowest BCUT2D eigenvalue weighted by molar-refractivity contribution is 0.0505. The van der Waals surface area contributed by atoms with Crippen molar-refractivity contribution in [2.45, 2.75) is 69.1 Å². The molecule has 32 heavy (non-hydrogen) atoms. The van der Waals surface area contributed by atoms with Crippen molar-refractivity contribution >= 4 is 40.7 Å². The zero-order valence-electron chi connectivity index (χ0n) is 19.9. The Hall–Kier alpha value is -0.870. The molecule has 3 atom stereocenters. The van der Waals surface area contributed by atoms with Gasteiger partial charge in [0.15, 0.2) is 5.96 Å². The Labute approximate surface area is 213 Å². The maximum absolute atomic E-state index is 12.3. The number of hydrogen-bond acceptors (Lipinski definition) is 4. The van der Waals surface area contributed by atoms with E-state index in [0.29, 0.717) is 11.3 Å². The second-order valence-corrected chi connectivity index (χ2v) is 10.8. The van der Waals surface area contributed by atoms with E-state index in [2.05, 4.69) is 40.7 Å². The number of halogens is 1. The van der Waals surface area contributed by atoms with Gasteiger partial charge in [-0.1, -0.05) is 31.0 Å². The molecule has 2 N–H and O–H groups in total. The van der Waals surface area contributed by atoms with Crippen molar-refractivity contribution < 1.29 is 13.7 Å². The van der Waals surface area contributed by atoms with Gasteiger partial charge in [0.25, 0.3) is 0 Å². The number of rotatable bonds is 7. The summed E-state index contributed by atoms with van der Waals surface area (Å²) in [6, 6.07) is 6.75. The van der Waals surface area contributed by atoms with E-state index in [4.69, 9.17) is 9.47 Å². The molecule has 1 aromatic rings. The summed E-state index contributed by atoms with van der Waals surface area (Å²) < 4.78 is 23.7. The average molecular weight is 578 g/mol. The maximum Gasteiger partial charge on any atom is 0.191 e. The van der Waals surface area contributed by atoms with E-state index >= 15 is 0 Å². The van der Waals surface area contributed by atoms with Gasteiger partial charge < -0.3 is 20.1 Å². The van der Waals surface area contributed by atoms with Crippen LogP contribution in [0.25, 0.3) is 0 Å². The van der Waals surface area contributed by atoms with Gasteiger partial charge in [0.2, 0.25) is 0 Å². The molecule has 1 saturated carbocycles. The summed E-state index contributed by atoms with van der Waals surface area (Å²) in [7, 11) is 2.84. The van der Waals surface area contributed by atoms with Gasteiger partial charge in [0.1, 0.15) is 5.75 Å². The summed E-state index contributed by atoms with van der Waals surface area (Å²) in [5.41, 5.74) is 2.42. The standard InChI is InChI=1S/C24H39N3O3S.HI/c1-5-31(28)20-8-6-7-19(16-20)27-23(25-3)26-17-24(11-13-30-14-12-24)21-15-18(2)9-10-22(21)29-4;/h9-10,15,19-20H,5-8,11-14,16-17H2,1-4H3,(H2,25,26,27);1H. The van der Waals surface area contributed by atoms with E-state index in [1.165, 1.54) is 11.1 Å². The smallest absolute Gasteiger partial charge is 0.191 e. The number of methoxy groups -OCH3 is 1. The van der Waals surface area contributed by atoms with Crippen LogP contribution in [0.5, 0.6) is 5.75 Å². The van der Waals surface area contributed by atoms with Gasteiger partial charge in [-0.3, -0.25) is 9.20 Å². The Morgan fingerprint density at radius 1 is 1.31 bits per heavy atom. The van der Waals surface area contributed by atoms with Gasteiger partial charge in [-0.25, -0.2) is 0 Å². The Morgan fingerprint density at radius 2 is 2.06 bits per heavy atom. The second kappa shape index (κ2) is 13.1. The number of nitrogens with zero attached hydrogens (tertiary/aromatic N) is 1. The van der Waals surface area contributed by atoms with Crippen LogP contribution in [0.3, 0.4) is 0 Å². The van der Waals surface area contributed by atoms with E-state index in [9.17, 15) is 4.21 Å². The van der Waals surface area contributed by atoms with Crippen molar-refractivity contribution in [1.29, 1.82) is 0 Å². The molecule has 0 bridgehead atoms. The van der Waals surface area contributed by atoms with Crippen LogP contribution in [-0.4, -0.2) is 61.1 Å². The minimum Gasteiger partial charge on any atom is -0.496 e. The molecule has 0 spiro atoms. The summed E-state index contributed by atoms with van der Waals surface area (Å²) in [5.74, 6) is 2.51. The molecule has 8 heteroatoms. The highest BCUT2D eigenvalue weighted by Gasteiger charge is 2.37. The van der Waals surface area contributed by atoms with Crippen LogP contribution in [0.15, 0.2) is 23.2 Å². The Morgan fingerprint density at radius 3 is 2.72 bits per heavy atom. The van der Waals surface area contributed by atoms with Gasteiger partial charge in [0.05, 0.1) is 7.11 Å². The number of guanidine groups is 1. The van der Waals surface area contributed by atoms with Crippen molar-refractivity contribution in [3.05, 3.63) is 29.3 Å². The lowest BCUT2D eigenvalue weighted by Crippen LogP contribution is -2.51. The van der Waals surface area contributed by atoms with Crippen molar-refractivity contribution in [2.75, 3.05) is 39.7 Å². The first-order valence-corrected chi connectivity index (χ1v) is 13.0. The first kappa shape index (κ1) is 27.4. The third-order valence-corrected chi connectivity index (χ3v) is 8.56. The monoisotopic (exact) mass is 577 g/mol. The highest BCUT2D eigenvalue weighted by Crippen LogP contribution is 2.40. The fourth-order valence-electron chi connectivity index (χ4n) is 4.93. The third-order valence-electron chi connectivity index (χ3n) is 6.82. The lowest BCUT2D eigenvalue weighted by Gasteiger charge is -2.39. The normalized spacial score (nSPS) is 24.2. The number of aliphatic imine (C=N–C) groups is 1. The summed E-state index contributed by atoms with van der Waals surface area (Å²) in [6.07, 6.45) is 6.12. The molecular formula is C24H40IN3O3S. The summed E-state index contributed by atoms with van der Waals surface area (Å²) in [5, 5.41) is 7.51. The summed E-state index contributed by atoms with van der Waals surface area (Å²) >= 11 is 0. The van der Waals surface area contributed by atoms with E-state index in [1.807, 2.05) is 14.0 Å². The van der Waals surface area contributed by atoms with Gasteiger partial charge >= 0.3 is 0 Å². The largest absolute Gasteiger partial charge is 0.496 e. The SMILES string of the molecule is CCS(=O)C1CCCC(NC(=NC)NCC2(c3cc(C)ccc3OC)CCOCC2)C1.I.